The number of nitrogens with one attached hydrogen (secondary N) is 1. The average Bonchev–Trinajstić information content (AvgIpc) is 3.19. The lowest BCUT2D eigenvalue weighted by atomic mass is 10.1. The predicted octanol–water partition coefficient (Wildman–Crippen LogP) is 1.11. The second kappa shape index (κ2) is 7.08. The second-order valence-corrected chi connectivity index (χ2v) is 6.35. The summed E-state index contributed by atoms with van der Waals surface area (Å²) >= 11 is 0. The standard InChI is InChI=1S/C17H23N3O3/c1-12(15-6-4-8-23-15)19-17(22)13-9-16(21)20(10-13)11-14-5-2-3-7-18-14/h2-3,5,7,12-13,15H,4,6,8-11H2,1H3,(H,19,22)/t12-,13+,15-/m0/s1. The predicted molar refractivity (Wildman–Crippen MR) is 84.3 cm³/mol. The van der Waals surface area contributed by atoms with Gasteiger partial charge in [0.05, 0.1) is 30.3 Å². The highest BCUT2D eigenvalue weighted by molar-refractivity contribution is 5.89. The highest BCUT2D eigenvalue weighted by Gasteiger charge is 2.35. The minimum atomic E-state index is -0.282. The normalized spacial score (nSPS) is 25.6. The lowest BCUT2D eigenvalue weighted by molar-refractivity contribution is -0.129. The van der Waals surface area contributed by atoms with E-state index in [1.54, 1.807) is 11.1 Å². The molecule has 6 nitrogen and oxygen atoms in total. The molecule has 0 unspecified atom stereocenters. The van der Waals surface area contributed by atoms with Gasteiger partial charge in [0.2, 0.25) is 11.8 Å². The monoisotopic (exact) mass is 317 g/mol. The third-order valence-corrected chi connectivity index (χ3v) is 4.56. The van der Waals surface area contributed by atoms with E-state index in [0.29, 0.717) is 13.1 Å². The summed E-state index contributed by atoms with van der Waals surface area (Å²) < 4.78 is 5.60. The zero-order valence-corrected chi connectivity index (χ0v) is 13.4. The maximum Gasteiger partial charge on any atom is 0.225 e. The minimum absolute atomic E-state index is 0.00931. The molecule has 2 saturated heterocycles. The molecule has 0 bridgehead atoms. The van der Waals surface area contributed by atoms with E-state index in [1.807, 2.05) is 25.1 Å². The number of aromatic nitrogens is 1. The molecule has 1 aromatic rings. The van der Waals surface area contributed by atoms with Gasteiger partial charge in [-0.05, 0) is 31.9 Å². The maximum absolute atomic E-state index is 12.4. The van der Waals surface area contributed by atoms with Gasteiger partial charge < -0.3 is 15.0 Å². The summed E-state index contributed by atoms with van der Waals surface area (Å²) in [6.07, 6.45) is 4.11. The third kappa shape index (κ3) is 3.88. The van der Waals surface area contributed by atoms with Gasteiger partial charge in [-0.1, -0.05) is 6.07 Å². The molecule has 2 aliphatic rings. The van der Waals surface area contributed by atoms with Crippen LogP contribution >= 0.6 is 0 Å². The van der Waals surface area contributed by atoms with E-state index in [-0.39, 0.29) is 36.3 Å². The van der Waals surface area contributed by atoms with E-state index in [9.17, 15) is 9.59 Å². The molecular formula is C17H23N3O3. The molecule has 2 amide bonds. The molecule has 6 heteroatoms. The van der Waals surface area contributed by atoms with Gasteiger partial charge in [0, 0.05) is 25.8 Å². The average molecular weight is 317 g/mol. The van der Waals surface area contributed by atoms with Crippen molar-refractivity contribution in [3.05, 3.63) is 30.1 Å². The van der Waals surface area contributed by atoms with E-state index in [1.165, 1.54) is 0 Å². The Morgan fingerprint density at radius 3 is 3.09 bits per heavy atom. The first kappa shape index (κ1) is 15.9. The van der Waals surface area contributed by atoms with Crippen LogP contribution < -0.4 is 5.32 Å². The van der Waals surface area contributed by atoms with E-state index >= 15 is 0 Å². The molecular weight excluding hydrogens is 294 g/mol. The summed E-state index contributed by atoms with van der Waals surface area (Å²) in [6.45, 7) is 3.66. The van der Waals surface area contributed by atoms with Gasteiger partial charge in [0.15, 0.2) is 0 Å². The molecule has 0 aromatic carbocycles. The molecule has 1 N–H and O–H groups in total. The van der Waals surface area contributed by atoms with Crippen molar-refractivity contribution in [3.8, 4) is 0 Å². The van der Waals surface area contributed by atoms with Gasteiger partial charge in [-0.2, -0.15) is 0 Å². The first-order chi connectivity index (χ1) is 11.1. The Morgan fingerprint density at radius 2 is 2.39 bits per heavy atom. The van der Waals surface area contributed by atoms with Crippen LogP contribution in [-0.4, -0.2) is 47.0 Å². The molecule has 1 aromatic heterocycles. The van der Waals surface area contributed by atoms with Gasteiger partial charge in [0.1, 0.15) is 0 Å². The Morgan fingerprint density at radius 1 is 1.52 bits per heavy atom. The molecule has 124 valence electrons. The van der Waals surface area contributed by atoms with Crippen LogP contribution in [0.4, 0.5) is 0 Å². The van der Waals surface area contributed by atoms with Crippen LogP contribution in [0.3, 0.4) is 0 Å². The number of carbonyl (C=O) groups excluding carboxylic acids is 2. The molecule has 0 saturated carbocycles. The Balaban J connectivity index is 1.53. The van der Waals surface area contributed by atoms with Gasteiger partial charge >= 0.3 is 0 Å². The molecule has 23 heavy (non-hydrogen) atoms. The highest BCUT2D eigenvalue weighted by Crippen LogP contribution is 2.21. The Bertz CT molecular complexity index is 557. The molecule has 2 aliphatic heterocycles. The Kier molecular flexibility index (Phi) is 4.91. The van der Waals surface area contributed by atoms with E-state index in [2.05, 4.69) is 10.3 Å². The Labute approximate surface area is 136 Å². The summed E-state index contributed by atoms with van der Waals surface area (Å²) in [5.74, 6) is -0.319. The maximum atomic E-state index is 12.4. The topological polar surface area (TPSA) is 71.5 Å². The largest absolute Gasteiger partial charge is 0.376 e. The Hall–Kier alpha value is -1.95. The summed E-state index contributed by atoms with van der Waals surface area (Å²) in [6, 6.07) is 5.62. The van der Waals surface area contributed by atoms with Crippen molar-refractivity contribution < 1.29 is 14.3 Å². The zero-order chi connectivity index (χ0) is 16.2. The van der Waals surface area contributed by atoms with Crippen LogP contribution in [0, 0.1) is 5.92 Å². The van der Waals surface area contributed by atoms with Crippen molar-refractivity contribution >= 4 is 11.8 Å². The molecule has 0 radical (unpaired) electrons. The first-order valence-electron chi connectivity index (χ1n) is 8.23. The number of nitrogens with zero attached hydrogens (tertiary/aromatic N) is 2. The molecule has 3 heterocycles. The number of carbonyl (C=O) groups is 2. The van der Waals surface area contributed by atoms with Crippen molar-refractivity contribution in [1.29, 1.82) is 0 Å². The molecule has 3 atom stereocenters. The van der Waals surface area contributed by atoms with Crippen molar-refractivity contribution in [3.63, 3.8) is 0 Å². The number of hydrogen-bond acceptors (Lipinski definition) is 4. The van der Waals surface area contributed by atoms with Gasteiger partial charge in [-0.3, -0.25) is 14.6 Å². The third-order valence-electron chi connectivity index (χ3n) is 4.56. The minimum Gasteiger partial charge on any atom is -0.376 e. The fourth-order valence-corrected chi connectivity index (χ4v) is 3.22. The van der Waals surface area contributed by atoms with Crippen molar-refractivity contribution in [2.75, 3.05) is 13.2 Å². The van der Waals surface area contributed by atoms with Crippen LogP contribution in [-0.2, 0) is 20.9 Å². The number of likely N-dealkylation sites (tertiary alicyclic amines) is 1. The SMILES string of the molecule is C[C@H](NC(=O)[C@@H]1CC(=O)N(Cc2ccccn2)C1)[C@@H]1CCCO1. The number of amides is 2. The molecule has 2 fully saturated rings. The van der Waals surface area contributed by atoms with Crippen LogP contribution in [0.2, 0.25) is 0 Å². The lowest BCUT2D eigenvalue weighted by Crippen LogP contribution is -2.44. The lowest BCUT2D eigenvalue weighted by Gasteiger charge is -2.22. The molecule has 0 spiro atoms. The van der Waals surface area contributed by atoms with Gasteiger partial charge in [-0.15, -0.1) is 0 Å². The number of rotatable bonds is 5. The van der Waals surface area contributed by atoms with Crippen LogP contribution in [0.1, 0.15) is 31.9 Å². The molecule has 0 aliphatic carbocycles. The highest BCUT2D eigenvalue weighted by atomic mass is 16.5. The summed E-state index contributed by atoms with van der Waals surface area (Å²) in [5, 5.41) is 3.01. The fourth-order valence-electron chi connectivity index (χ4n) is 3.22. The quantitative estimate of drug-likeness (QED) is 0.883. The number of ether oxygens (including phenoxy) is 1. The number of pyridine rings is 1. The summed E-state index contributed by atoms with van der Waals surface area (Å²) in [7, 11) is 0. The zero-order valence-electron chi connectivity index (χ0n) is 13.4. The van der Waals surface area contributed by atoms with Crippen LogP contribution in [0.15, 0.2) is 24.4 Å². The fraction of sp³-hybridized carbons (Fsp3) is 0.588. The molecule has 3 rings (SSSR count). The first-order valence-corrected chi connectivity index (χ1v) is 8.23. The van der Waals surface area contributed by atoms with Crippen molar-refractivity contribution in [2.24, 2.45) is 5.92 Å². The van der Waals surface area contributed by atoms with Crippen molar-refractivity contribution in [2.45, 2.75) is 44.9 Å². The van der Waals surface area contributed by atoms with E-state index < -0.39 is 0 Å². The number of hydrogen-bond donors (Lipinski definition) is 1. The smallest absolute Gasteiger partial charge is 0.225 e. The second-order valence-electron chi connectivity index (χ2n) is 6.35. The van der Waals surface area contributed by atoms with Gasteiger partial charge in [0.25, 0.3) is 0 Å². The van der Waals surface area contributed by atoms with Crippen LogP contribution in [0.25, 0.3) is 0 Å². The van der Waals surface area contributed by atoms with Crippen molar-refractivity contribution in [1.82, 2.24) is 15.2 Å². The van der Waals surface area contributed by atoms with Gasteiger partial charge in [-0.25, -0.2) is 0 Å². The van der Waals surface area contributed by atoms with Crippen LogP contribution in [0.5, 0.6) is 0 Å². The van der Waals surface area contributed by atoms with E-state index in [4.69, 9.17) is 4.74 Å². The van der Waals surface area contributed by atoms with E-state index in [0.717, 1.165) is 25.1 Å². The summed E-state index contributed by atoms with van der Waals surface area (Å²) in [4.78, 5) is 30.5. The summed E-state index contributed by atoms with van der Waals surface area (Å²) in [5.41, 5.74) is 0.842.